The maximum absolute atomic E-state index is 10.9. The van der Waals surface area contributed by atoms with Crippen LogP contribution in [0.25, 0.3) is 0 Å². The van der Waals surface area contributed by atoms with E-state index in [-0.39, 0.29) is 0 Å². The zero-order valence-corrected chi connectivity index (χ0v) is 8.56. The molecule has 0 saturated heterocycles. The van der Waals surface area contributed by atoms with Crippen molar-refractivity contribution in [1.82, 2.24) is 0 Å². The van der Waals surface area contributed by atoms with Crippen LogP contribution in [-0.4, -0.2) is 17.6 Å². The molecule has 1 atom stereocenters. The molecule has 0 aliphatic carbocycles. The highest BCUT2D eigenvalue weighted by Gasteiger charge is 2.31. The Balaban J connectivity index is 2.58. The van der Waals surface area contributed by atoms with Gasteiger partial charge in [-0.3, -0.25) is 4.79 Å². The summed E-state index contributed by atoms with van der Waals surface area (Å²) >= 11 is 11.8. The summed E-state index contributed by atoms with van der Waals surface area (Å²) < 4.78 is 0. The molecule has 0 radical (unpaired) electrons. The topological polar surface area (TPSA) is 49.3 Å². The summed E-state index contributed by atoms with van der Waals surface area (Å²) in [6.45, 7) is 0.341. The van der Waals surface area contributed by atoms with E-state index in [9.17, 15) is 4.79 Å². The second-order valence-corrected chi connectivity index (χ2v) is 3.90. The van der Waals surface area contributed by atoms with Gasteiger partial charge in [0, 0.05) is 17.1 Å². The van der Waals surface area contributed by atoms with Gasteiger partial charge in [0.2, 0.25) is 0 Å². The Morgan fingerprint density at radius 2 is 2.07 bits per heavy atom. The number of hydrogen-bond donors (Lipinski definition) is 2. The van der Waals surface area contributed by atoms with Gasteiger partial charge in [-0.2, -0.15) is 0 Å². The van der Waals surface area contributed by atoms with Gasteiger partial charge in [0.05, 0.1) is 10.7 Å². The lowest BCUT2D eigenvalue weighted by Crippen LogP contribution is -2.13. The van der Waals surface area contributed by atoms with Gasteiger partial charge in [-0.05, 0) is 12.1 Å². The van der Waals surface area contributed by atoms with Crippen LogP contribution in [0.1, 0.15) is 11.5 Å². The molecule has 1 aromatic carbocycles. The van der Waals surface area contributed by atoms with E-state index >= 15 is 0 Å². The van der Waals surface area contributed by atoms with Crippen molar-refractivity contribution >= 4 is 34.9 Å². The maximum Gasteiger partial charge on any atom is 0.312 e. The molecule has 1 unspecified atom stereocenters. The second kappa shape index (κ2) is 3.33. The minimum Gasteiger partial charge on any atom is -0.481 e. The lowest BCUT2D eigenvalue weighted by Gasteiger charge is -2.06. The normalized spacial score (nSPS) is 18.9. The van der Waals surface area contributed by atoms with Crippen molar-refractivity contribution in [3.05, 3.63) is 27.7 Å². The first-order chi connectivity index (χ1) is 6.61. The number of aliphatic carboxylic acids is 1. The molecule has 0 aromatic heterocycles. The first-order valence-electron chi connectivity index (χ1n) is 4.06. The zero-order valence-electron chi connectivity index (χ0n) is 7.05. The maximum atomic E-state index is 10.9. The lowest BCUT2D eigenvalue weighted by molar-refractivity contribution is -0.138. The van der Waals surface area contributed by atoms with Gasteiger partial charge < -0.3 is 10.4 Å². The van der Waals surface area contributed by atoms with E-state index in [0.717, 1.165) is 0 Å². The molecule has 1 aliphatic heterocycles. The molecule has 5 heteroatoms. The number of fused-ring (bicyclic) bond motifs is 1. The largest absolute Gasteiger partial charge is 0.481 e. The third-order valence-corrected chi connectivity index (χ3v) is 2.92. The van der Waals surface area contributed by atoms with Crippen LogP contribution in [0.5, 0.6) is 0 Å². The van der Waals surface area contributed by atoms with Crippen molar-refractivity contribution in [2.24, 2.45) is 0 Å². The first kappa shape index (κ1) is 9.62. The monoisotopic (exact) mass is 231 g/mol. The van der Waals surface area contributed by atoms with Gasteiger partial charge in [-0.25, -0.2) is 0 Å². The molecule has 0 fully saturated rings. The summed E-state index contributed by atoms with van der Waals surface area (Å²) in [5.74, 6) is -1.49. The summed E-state index contributed by atoms with van der Waals surface area (Å²) in [6, 6.07) is 3.27. The van der Waals surface area contributed by atoms with Crippen LogP contribution >= 0.6 is 23.2 Å². The smallest absolute Gasteiger partial charge is 0.312 e. The van der Waals surface area contributed by atoms with Crippen molar-refractivity contribution < 1.29 is 9.90 Å². The quantitative estimate of drug-likeness (QED) is 0.782. The molecule has 0 bridgehead atoms. The van der Waals surface area contributed by atoms with Gasteiger partial charge in [0.25, 0.3) is 0 Å². The number of carboxylic acids is 1. The number of carboxylic acid groups (broad SMARTS) is 1. The van der Waals surface area contributed by atoms with Crippen molar-refractivity contribution in [2.45, 2.75) is 5.92 Å². The number of rotatable bonds is 1. The summed E-state index contributed by atoms with van der Waals surface area (Å²) in [5, 5.41) is 12.8. The molecule has 1 heterocycles. The van der Waals surface area contributed by atoms with Gasteiger partial charge in [-0.1, -0.05) is 23.2 Å². The first-order valence-corrected chi connectivity index (χ1v) is 4.81. The molecule has 1 aliphatic rings. The Bertz CT molecular complexity index is 406. The van der Waals surface area contributed by atoms with Crippen molar-refractivity contribution in [1.29, 1.82) is 0 Å². The second-order valence-electron chi connectivity index (χ2n) is 3.09. The van der Waals surface area contributed by atoms with Crippen molar-refractivity contribution in [2.75, 3.05) is 11.9 Å². The van der Waals surface area contributed by atoms with E-state index in [2.05, 4.69) is 5.32 Å². The Hall–Kier alpha value is -0.930. The Labute approximate surface area is 90.6 Å². The number of benzene rings is 1. The minimum absolute atomic E-state index is 0.341. The van der Waals surface area contributed by atoms with E-state index < -0.39 is 11.9 Å². The van der Waals surface area contributed by atoms with Crippen molar-refractivity contribution in [3.8, 4) is 0 Å². The Morgan fingerprint density at radius 1 is 1.43 bits per heavy atom. The highest BCUT2D eigenvalue weighted by Crippen LogP contribution is 2.41. The fourth-order valence-electron chi connectivity index (χ4n) is 1.60. The standard InChI is InChI=1S/C9H7Cl2NO2/c10-5-1-2-6(11)8-7(5)4(3-12-8)9(13)14/h1-2,4,12H,3H2,(H,13,14). The lowest BCUT2D eigenvalue weighted by atomic mass is 10.0. The average Bonchev–Trinajstić information content (AvgIpc) is 2.56. The van der Waals surface area contributed by atoms with Crippen LogP contribution < -0.4 is 5.32 Å². The summed E-state index contributed by atoms with van der Waals surface area (Å²) in [7, 11) is 0. The summed E-state index contributed by atoms with van der Waals surface area (Å²) in [4.78, 5) is 10.9. The SMILES string of the molecule is O=C(O)C1CNc2c(Cl)ccc(Cl)c21. The van der Waals surface area contributed by atoms with Crippen LogP contribution in [-0.2, 0) is 4.79 Å². The van der Waals surface area contributed by atoms with E-state index in [0.29, 0.717) is 27.8 Å². The molecule has 0 amide bonds. The number of hydrogen-bond acceptors (Lipinski definition) is 2. The van der Waals surface area contributed by atoms with Crippen LogP contribution in [0.3, 0.4) is 0 Å². The Morgan fingerprint density at radius 3 is 2.71 bits per heavy atom. The summed E-state index contributed by atoms with van der Waals surface area (Å²) in [6.07, 6.45) is 0. The third-order valence-electron chi connectivity index (χ3n) is 2.27. The highest BCUT2D eigenvalue weighted by atomic mass is 35.5. The van der Waals surface area contributed by atoms with E-state index in [4.69, 9.17) is 28.3 Å². The van der Waals surface area contributed by atoms with Gasteiger partial charge in [0.15, 0.2) is 0 Å². The molecule has 3 nitrogen and oxygen atoms in total. The third kappa shape index (κ3) is 1.33. The minimum atomic E-state index is -0.889. The van der Waals surface area contributed by atoms with Gasteiger partial charge in [-0.15, -0.1) is 0 Å². The van der Waals surface area contributed by atoms with Gasteiger partial charge >= 0.3 is 5.97 Å². The predicted octanol–water partition coefficient (Wildman–Crippen LogP) is 2.59. The van der Waals surface area contributed by atoms with Crippen molar-refractivity contribution in [3.63, 3.8) is 0 Å². The molecular weight excluding hydrogens is 225 g/mol. The van der Waals surface area contributed by atoms with Crippen LogP contribution in [0, 0.1) is 0 Å². The van der Waals surface area contributed by atoms with E-state index in [1.54, 1.807) is 12.1 Å². The molecule has 1 aromatic rings. The number of carbonyl (C=O) groups is 1. The fourth-order valence-corrected chi connectivity index (χ4v) is 2.13. The number of nitrogens with one attached hydrogen (secondary N) is 1. The fraction of sp³-hybridized carbons (Fsp3) is 0.222. The van der Waals surface area contributed by atoms with Crippen LogP contribution in [0.15, 0.2) is 12.1 Å². The molecule has 0 spiro atoms. The summed E-state index contributed by atoms with van der Waals surface area (Å²) in [5.41, 5.74) is 1.23. The molecule has 14 heavy (non-hydrogen) atoms. The Kier molecular flexibility index (Phi) is 2.29. The molecular formula is C9H7Cl2NO2. The highest BCUT2D eigenvalue weighted by molar-refractivity contribution is 6.36. The molecule has 0 saturated carbocycles. The number of anilines is 1. The number of halogens is 2. The zero-order chi connectivity index (χ0) is 10.3. The molecule has 2 rings (SSSR count). The van der Waals surface area contributed by atoms with Crippen LogP contribution in [0.2, 0.25) is 10.0 Å². The molecule has 2 N–H and O–H groups in total. The molecule has 74 valence electrons. The van der Waals surface area contributed by atoms with E-state index in [1.807, 2.05) is 0 Å². The van der Waals surface area contributed by atoms with Gasteiger partial charge in [0.1, 0.15) is 5.92 Å². The predicted molar refractivity (Wildman–Crippen MR) is 55.3 cm³/mol. The van der Waals surface area contributed by atoms with Crippen LogP contribution in [0.4, 0.5) is 5.69 Å². The van der Waals surface area contributed by atoms with E-state index in [1.165, 1.54) is 0 Å². The average molecular weight is 232 g/mol.